The van der Waals surface area contributed by atoms with Gasteiger partial charge in [-0.3, -0.25) is 9.59 Å². The van der Waals surface area contributed by atoms with Crippen molar-refractivity contribution >= 4 is 23.0 Å². The molecule has 0 atom stereocenters. The lowest BCUT2D eigenvalue weighted by atomic mass is 10.0. The Morgan fingerprint density at radius 3 is 2.60 bits per heavy atom. The molecule has 0 saturated carbocycles. The first-order valence-corrected chi connectivity index (χ1v) is 10.6. The highest BCUT2D eigenvalue weighted by Gasteiger charge is 2.32. The Bertz CT molecular complexity index is 1070. The van der Waals surface area contributed by atoms with Gasteiger partial charge >= 0.3 is 0 Å². The number of rotatable bonds is 4. The maximum Gasteiger partial charge on any atom is 0.255 e. The molecular weight excluding hydrogens is 378 g/mol. The predicted octanol–water partition coefficient (Wildman–Crippen LogP) is 2.71. The van der Waals surface area contributed by atoms with E-state index in [2.05, 4.69) is 22.1 Å². The normalized spacial score (nSPS) is 17.8. The van der Waals surface area contributed by atoms with E-state index in [-0.39, 0.29) is 17.9 Å². The second-order valence-corrected chi connectivity index (χ2v) is 8.14. The number of imidazole rings is 1. The summed E-state index contributed by atoms with van der Waals surface area (Å²) in [5.74, 6) is 0.258. The third-order valence-corrected chi connectivity index (χ3v) is 6.20. The zero-order valence-electron chi connectivity index (χ0n) is 16.9. The Kier molecular flexibility index (Phi) is 4.94. The standard InChI is InChI=1S/C23H25N5O2/c29-21-7-4-10-28(21)19-8-11-26(12-9-19)23(30)18-13-20-22(24-14-18)27(16-25-20)15-17-5-2-1-3-6-17/h1-3,5-6,13-14,16,19H,4,7-12,15H2. The average molecular weight is 403 g/mol. The lowest BCUT2D eigenvalue weighted by Crippen LogP contribution is -2.47. The highest BCUT2D eigenvalue weighted by Crippen LogP contribution is 2.23. The van der Waals surface area contributed by atoms with Crippen LogP contribution in [-0.4, -0.2) is 61.8 Å². The first kappa shape index (κ1) is 18.8. The van der Waals surface area contributed by atoms with E-state index in [1.165, 1.54) is 5.56 Å². The van der Waals surface area contributed by atoms with Gasteiger partial charge in [-0.05, 0) is 30.9 Å². The van der Waals surface area contributed by atoms with Crippen molar-refractivity contribution in [2.24, 2.45) is 0 Å². The first-order valence-electron chi connectivity index (χ1n) is 10.6. The summed E-state index contributed by atoms with van der Waals surface area (Å²) in [7, 11) is 0. The van der Waals surface area contributed by atoms with Crippen LogP contribution in [0.25, 0.3) is 11.2 Å². The summed E-state index contributed by atoms with van der Waals surface area (Å²) in [4.78, 5) is 37.9. The number of aromatic nitrogens is 3. The van der Waals surface area contributed by atoms with Gasteiger partial charge in [0, 0.05) is 38.3 Å². The van der Waals surface area contributed by atoms with Crippen LogP contribution in [0.15, 0.2) is 48.9 Å². The number of fused-ring (bicyclic) bond motifs is 1. The summed E-state index contributed by atoms with van der Waals surface area (Å²) in [6, 6.07) is 12.3. The van der Waals surface area contributed by atoms with Crippen molar-refractivity contribution in [1.82, 2.24) is 24.3 Å². The number of hydrogen-bond acceptors (Lipinski definition) is 4. The van der Waals surface area contributed by atoms with Crippen LogP contribution in [0.2, 0.25) is 0 Å². The molecule has 5 rings (SSSR count). The number of amides is 2. The van der Waals surface area contributed by atoms with E-state index in [1.54, 1.807) is 12.5 Å². The van der Waals surface area contributed by atoms with Crippen LogP contribution in [0.3, 0.4) is 0 Å². The SMILES string of the molecule is O=C(c1cnc2c(c1)ncn2Cc1ccccc1)N1CCC(N2CCCC2=O)CC1. The zero-order chi connectivity index (χ0) is 20.5. The fourth-order valence-corrected chi connectivity index (χ4v) is 4.58. The molecule has 30 heavy (non-hydrogen) atoms. The maximum atomic E-state index is 13.0. The van der Waals surface area contributed by atoms with Crippen LogP contribution in [-0.2, 0) is 11.3 Å². The quantitative estimate of drug-likeness (QED) is 0.672. The van der Waals surface area contributed by atoms with Gasteiger partial charge in [0.1, 0.15) is 5.52 Å². The number of carbonyl (C=O) groups is 2. The molecule has 154 valence electrons. The van der Waals surface area contributed by atoms with Crippen molar-refractivity contribution in [3.63, 3.8) is 0 Å². The lowest BCUT2D eigenvalue weighted by molar-refractivity contribution is -0.130. The molecule has 0 radical (unpaired) electrons. The fraction of sp³-hybridized carbons (Fsp3) is 0.391. The number of nitrogens with zero attached hydrogens (tertiary/aromatic N) is 5. The Morgan fingerprint density at radius 2 is 1.87 bits per heavy atom. The van der Waals surface area contributed by atoms with Gasteiger partial charge in [-0.15, -0.1) is 0 Å². The second kappa shape index (κ2) is 7.89. The van der Waals surface area contributed by atoms with E-state index in [4.69, 9.17) is 0 Å². The van der Waals surface area contributed by atoms with Crippen molar-refractivity contribution in [2.75, 3.05) is 19.6 Å². The summed E-state index contributed by atoms with van der Waals surface area (Å²) < 4.78 is 2.00. The van der Waals surface area contributed by atoms with Crippen molar-refractivity contribution < 1.29 is 9.59 Å². The Balaban J connectivity index is 1.27. The Hall–Kier alpha value is -3.22. The van der Waals surface area contributed by atoms with Crippen molar-refractivity contribution in [3.8, 4) is 0 Å². The number of pyridine rings is 1. The van der Waals surface area contributed by atoms with Crippen LogP contribution in [0.5, 0.6) is 0 Å². The topological polar surface area (TPSA) is 71.3 Å². The summed E-state index contributed by atoms with van der Waals surface area (Å²) in [5.41, 5.74) is 3.26. The van der Waals surface area contributed by atoms with Crippen LogP contribution >= 0.6 is 0 Å². The van der Waals surface area contributed by atoms with E-state index in [9.17, 15) is 9.59 Å². The summed E-state index contributed by atoms with van der Waals surface area (Å²) in [6.45, 7) is 2.91. The van der Waals surface area contributed by atoms with E-state index < -0.39 is 0 Å². The summed E-state index contributed by atoms with van der Waals surface area (Å²) >= 11 is 0. The molecule has 3 aromatic rings. The van der Waals surface area contributed by atoms with Gasteiger partial charge in [0.15, 0.2) is 5.65 Å². The monoisotopic (exact) mass is 403 g/mol. The van der Waals surface area contributed by atoms with Crippen LogP contribution in [0.4, 0.5) is 0 Å². The minimum atomic E-state index is -0.00629. The molecule has 0 N–H and O–H groups in total. The molecule has 7 nitrogen and oxygen atoms in total. The van der Waals surface area contributed by atoms with Crippen LogP contribution < -0.4 is 0 Å². The predicted molar refractivity (Wildman–Crippen MR) is 113 cm³/mol. The van der Waals surface area contributed by atoms with Gasteiger partial charge in [0.2, 0.25) is 5.91 Å². The molecule has 0 aliphatic carbocycles. The van der Waals surface area contributed by atoms with Crippen LogP contribution in [0.1, 0.15) is 41.6 Å². The maximum absolute atomic E-state index is 13.0. The molecule has 2 aliphatic heterocycles. The molecule has 2 saturated heterocycles. The Labute approximate surface area is 175 Å². The highest BCUT2D eigenvalue weighted by atomic mass is 16.2. The minimum Gasteiger partial charge on any atom is -0.340 e. The zero-order valence-corrected chi connectivity index (χ0v) is 16.9. The number of piperidine rings is 1. The minimum absolute atomic E-state index is 0.00629. The number of likely N-dealkylation sites (tertiary alicyclic amines) is 2. The third kappa shape index (κ3) is 3.56. The van der Waals surface area contributed by atoms with Gasteiger partial charge in [-0.2, -0.15) is 0 Å². The number of benzene rings is 1. The lowest BCUT2D eigenvalue weighted by Gasteiger charge is -2.36. The molecule has 2 fully saturated rings. The Morgan fingerprint density at radius 1 is 1.07 bits per heavy atom. The van der Waals surface area contributed by atoms with Gasteiger partial charge in [-0.1, -0.05) is 30.3 Å². The largest absolute Gasteiger partial charge is 0.340 e. The average Bonchev–Trinajstić information content (AvgIpc) is 3.40. The van der Waals surface area contributed by atoms with E-state index >= 15 is 0 Å². The first-order chi connectivity index (χ1) is 14.7. The van der Waals surface area contributed by atoms with E-state index in [0.29, 0.717) is 31.6 Å². The van der Waals surface area contributed by atoms with Crippen molar-refractivity contribution in [2.45, 2.75) is 38.3 Å². The molecule has 4 heterocycles. The molecule has 2 amide bonds. The van der Waals surface area contributed by atoms with E-state index in [1.807, 2.05) is 38.6 Å². The van der Waals surface area contributed by atoms with Gasteiger partial charge in [0.25, 0.3) is 5.91 Å². The van der Waals surface area contributed by atoms with Crippen LogP contribution in [0, 0.1) is 0 Å². The van der Waals surface area contributed by atoms with Gasteiger partial charge in [0.05, 0.1) is 18.4 Å². The molecule has 7 heteroatoms. The fourth-order valence-electron chi connectivity index (χ4n) is 4.58. The molecule has 1 aromatic carbocycles. The number of carbonyl (C=O) groups excluding carboxylic acids is 2. The number of hydrogen-bond donors (Lipinski definition) is 0. The van der Waals surface area contributed by atoms with E-state index in [0.717, 1.165) is 37.0 Å². The van der Waals surface area contributed by atoms with Gasteiger partial charge in [-0.25, -0.2) is 9.97 Å². The smallest absolute Gasteiger partial charge is 0.255 e. The molecule has 0 unspecified atom stereocenters. The third-order valence-electron chi connectivity index (χ3n) is 6.20. The molecule has 0 bridgehead atoms. The molecule has 0 spiro atoms. The summed E-state index contributed by atoms with van der Waals surface area (Å²) in [5, 5.41) is 0. The molecule has 2 aliphatic rings. The van der Waals surface area contributed by atoms with Crippen molar-refractivity contribution in [1.29, 1.82) is 0 Å². The van der Waals surface area contributed by atoms with Crippen molar-refractivity contribution in [3.05, 3.63) is 60.0 Å². The summed E-state index contributed by atoms with van der Waals surface area (Å²) in [6.07, 6.45) is 6.75. The second-order valence-electron chi connectivity index (χ2n) is 8.14. The highest BCUT2D eigenvalue weighted by molar-refractivity contribution is 5.96. The van der Waals surface area contributed by atoms with Gasteiger partial charge < -0.3 is 14.4 Å². The molecule has 2 aromatic heterocycles. The molecular formula is C23H25N5O2.